The van der Waals surface area contributed by atoms with E-state index in [2.05, 4.69) is 10.2 Å². The van der Waals surface area contributed by atoms with Gasteiger partial charge in [0.2, 0.25) is 0 Å². The average Bonchev–Trinajstić information content (AvgIpc) is 2.93. The minimum atomic E-state index is 0.565. The van der Waals surface area contributed by atoms with E-state index in [9.17, 15) is 0 Å². The number of hydrogen-bond donors (Lipinski definition) is 1. The van der Waals surface area contributed by atoms with Crippen LogP contribution < -0.4 is 5.32 Å². The Morgan fingerprint density at radius 3 is 2.93 bits per heavy atom. The molecule has 4 aliphatic rings. The SMILES string of the molecule is C1CC2CC(N1)C(N1CC3CC1CO3)C2. The minimum Gasteiger partial charge on any atom is -0.375 e. The lowest BCUT2D eigenvalue weighted by atomic mass is 10.0. The number of ether oxygens (including phenoxy) is 1. The normalized spacial score (nSPS) is 54.0. The van der Waals surface area contributed by atoms with Gasteiger partial charge in [0.1, 0.15) is 0 Å². The van der Waals surface area contributed by atoms with Gasteiger partial charge in [-0.05, 0) is 38.1 Å². The molecule has 5 unspecified atom stereocenters. The number of nitrogens with one attached hydrogen (secondary N) is 1. The highest BCUT2D eigenvalue weighted by atomic mass is 16.5. The molecule has 0 aromatic rings. The summed E-state index contributed by atoms with van der Waals surface area (Å²) in [5.74, 6) is 1.02. The first kappa shape index (κ1) is 8.97. The van der Waals surface area contributed by atoms with Gasteiger partial charge in [0.25, 0.3) is 0 Å². The monoisotopic (exact) mass is 208 g/mol. The summed E-state index contributed by atoms with van der Waals surface area (Å²) in [4.78, 5) is 2.76. The predicted octanol–water partition coefficient (Wildman–Crippen LogP) is 0.600. The third-order valence-corrected chi connectivity index (χ3v) is 4.95. The van der Waals surface area contributed by atoms with Crippen molar-refractivity contribution in [3.05, 3.63) is 0 Å². The van der Waals surface area contributed by atoms with Crippen LogP contribution in [-0.4, -0.2) is 48.8 Å². The molecule has 3 saturated heterocycles. The van der Waals surface area contributed by atoms with Gasteiger partial charge < -0.3 is 10.1 Å². The van der Waals surface area contributed by atoms with E-state index >= 15 is 0 Å². The zero-order valence-electron chi connectivity index (χ0n) is 9.19. The molecule has 0 amide bonds. The molecule has 4 rings (SSSR count). The molecule has 3 heteroatoms. The number of morpholine rings is 1. The molecule has 0 radical (unpaired) electrons. The van der Waals surface area contributed by atoms with Gasteiger partial charge in [-0.2, -0.15) is 0 Å². The lowest BCUT2D eigenvalue weighted by molar-refractivity contribution is 0.00795. The van der Waals surface area contributed by atoms with Crippen molar-refractivity contribution in [2.75, 3.05) is 19.7 Å². The Morgan fingerprint density at radius 2 is 2.20 bits per heavy atom. The van der Waals surface area contributed by atoms with E-state index < -0.39 is 0 Å². The van der Waals surface area contributed by atoms with Crippen molar-refractivity contribution in [3.63, 3.8) is 0 Å². The third kappa shape index (κ3) is 1.30. The summed E-state index contributed by atoms with van der Waals surface area (Å²) in [6.45, 7) is 3.46. The van der Waals surface area contributed by atoms with Crippen LogP contribution in [0.1, 0.15) is 25.7 Å². The minimum absolute atomic E-state index is 0.565. The van der Waals surface area contributed by atoms with E-state index in [1.165, 1.54) is 38.8 Å². The second-order valence-corrected chi connectivity index (χ2v) is 5.80. The molecule has 3 heterocycles. The summed E-state index contributed by atoms with van der Waals surface area (Å²) >= 11 is 0. The van der Waals surface area contributed by atoms with Crippen LogP contribution in [0, 0.1) is 5.92 Å². The van der Waals surface area contributed by atoms with Gasteiger partial charge >= 0.3 is 0 Å². The lowest BCUT2D eigenvalue weighted by Gasteiger charge is -2.35. The van der Waals surface area contributed by atoms with Gasteiger partial charge in [-0.1, -0.05) is 0 Å². The van der Waals surface area contributed by atoms with E-state index in [1.807, 2.05) is 0 Å². The first-order valence-corrected chi connectivity index (χ1v) is 6.51. The summed E-state index contributed by atoms with van der Waals surface area (Å²) < 4.78 is 5.69. The van der Waals surface area contributed by atoms with Crippen LogP contribution in [0.2, 0.25) is 0 Å². The predicted molar refractivity (Wildman–Crippen MR) is 57.8 cm³/mol. The van der Waals surface area contributed by atoms with Crippen molar-refractivity contribution in [1.82, 2.24) is 10.2 Å². The highest BCUT2D eigenvalue weighted by Gasteiger charge is 2.48. The lowest BCUT2D eigenvalue weighted by Crippen LogP contribution is -2.51. The number of fused-ring (bicyclic) bond motifs is 4. The first-order valence-electron chi connectivity index (χ1n) is 6.51. The van der Waals surface area contributed by atoms with Crippen molar-refractivity contribution in [2.45, 2.75) is 49.9 Å². The highest BCUT2D eigenvalue weighted by molar-refractivity contribution is 5.03. The molecular weight excluding hydrogens is 188 g/mol. The Hall–Kier alpha value is -0.120. The fourth-order valence-corrected chi connectivity index (χ4v) is 4.25. The Labute approximate surface area is 91.2 Å². The molecule has 3 nitrogen and oxygen atoms in total. The van der Waals surface area contributed by atoms with Crippen molar-refractivity contribution in [2.24, 2.45) is 5.92 Å². The zero-order chi connectivity index (χ0) is 9.83. The maximum Gasteiger partial charge on any atom is 0.0718 e. The zero-order valence-corrected chi connectivity index (χ0v) is 9.19. The number of nitrogens with zero attached hydrogens (tertiary/aromatic N) is 1. The summed E-state index contributed by atoms with van der Waals surface area (Å²) in [7, 11) is 0. The van der Waals surface area contributed by atoms with Gasteiger partial charge in [-0.15, -0.1) is 0 Å². The topological polar surface area (TPSA) is 24.5 Å². The molecule has 4 fully saturated rings. The largest absolute Gasteiger partial charge is 0.375 e. The van der Waals surface area contributed by atoms with Crippen LogP contribution in [-0.2, 0) is 4.74 Å². The summed E-state index contributed by atoms with van der Waals surface area (Å²) in [6, 6.07) is 2.38. The molecule has 0 aromatic carbocycles. The van der Waals surface area contributed by atoms with Crippen LogP contribution in [0.25, 0.3) is 0 Å². The fraction of sp³-hybridized carbons (Fsp3) is 1.00. The van der Waals surface area contributed by atoms with E-state index in [0.717, 1.165) is 30.7 Å². The summed E-state index contributed by atoms with van der Waals surface area (Å²) in [6.07, 6.45) is 6.15. The quantitative estimate of drug-likeness (QED) is 0.683. The standard InChI is InChI=1S/C12H20N2O/c1-2-13-11-3-8(1)4-12(11)14-6-10-5-9(14)7-15-10/h8-13H,1-7H2. The molecule has 0 aromatic heterocycles. The van der Waals surface area contributed by atoms with Crippen molar-refractivity contribution < 1.29 is 4.74 Å². The third-order valence-electron chi connectivity index (χ3n) is 4.95. The van der Waals surface area contributed by atoms with Crippen molar-refractivity contribution in [3.8, 4) is 0 Å². The second-order valence-electron chi connectivity index (χ2n) is 5.80. The van der Waals surface area contributed by atoms with Gasteiger partial charge in [0.15, 0.2) is 0 Å². The van der Waals surface area contributed by atoms with Crippen LogP contribution in [0.3, 0.4) is 0 Å². The smallest absolute Gasteiger partial charge is 0.0718 e. The van der Waals surface area contributed by atoms with Gasteiger partial charge in [0, 0.05) is 24.7 Å². The molecule has 4 bridgehead atoms. The van der Waals surface area contributed by atoms with Gasteiger partial charge in [0.05, 0.1) is 12.7 Å². The second kappa shape index (κ2) is 3.19. The van der Waals surface area contributed by atoms with E-state index in [-0.39, 0.29) is 0 Å². The Balaban J connectivity index is 1.53. The summed E-state index contributed by atoms with van der Waals surface area (Å²) in [5, 5.41) is 3.71. The molecule has 1 saturated carbocycles. The number of likely N-dealkylation sites (tertiary alicyclic amines) is 1. The number of piperidine rings is 1. The van der Waals surface area contributed by atoms with E-state index in [0.29, 0.717) is 6.10 Å². The van der Waals surface area contributed by atoms with Crippen molar-refractivity contribution >= 4 is 0 Å². The Bertz CT molecular complexity index is 270. The Morgan fingerprint density at radius 1 is 1.20 bits per heavy atom. The molecule has 1 aliphatic carbocycles. The van der Waals surface area contributed by atoms with Gasteiger partial charge in [-0.3, -0.25) is 4.90 Å². The maximum absolute atomic E-state index is 5.69. The molecule has 84 valence electrons. The number of hydrogen-bond acceptors (Lipinski definition) is 3. The van der Waals surface area contributed by atoms with Gasteiger partial charge in [-0.25, -0.2) is 0 Å². The first-order chi connectivity index (χ1) is 7.40. The Kier molecular flexibility index (Phi) is 1.91. The molecular formula is C12H20N2O. The van der Waals surface area contributed by atoms with Crippen LogP contribution in [0.15, 0.2) is 0 Å². The summed E-state index contributed by atoms with van der Waals surface area (Å²) in [5.41, 5.74) is 0. The van der Waals surface area contributed by atoms with Crippen LogP contribution in [0.4, 0.5) is 0 Å². The van der Waals surface area contributed by atoms with Crippen LogP contribution in [0.5, 0.6) is 0 Å². The molecule has 3 aliphatic heterocycles. The maximum atomic E-state index is 5.69. The molecule has 1 N–H and O–H groups in total. The van der Waals surface area contributed by atoms with Crippen molar-refractivity contribution in [1.29, 1.82) is 0 Å². The van der Waals surface area contributed by atoms with E-state index in [4.69, 9.17) is 4.74 Å². The fourth-order valence-electron chi connectivity index (χ4n) is 4.25. The number of rotatable bonds is 1. The molecule has 15 heavy (non-hydrogen) atoms. The highest BCUT2D eigenvalue weighted by Crippen LogP contribution is 2.39. The van der Waals surface area contributed by atoms with Crippen LogP contribution >= 0.6 is 0 Å². The molecule has 5 atom stereocenters. The average molecular weight is 208 g/mol. The van der Waals surface area contributed by atoms with E-state index in [1.54, 1.807) is 0 Å². The molecule has 0 spiro atoms.